The number of fused-ring (bicyclic) bond motifs is 1. The zero-order valence-electron chi connectivity index (χ0n) is 23.6. The van der Waals surface area contributed by atoms with E-state index in [1.54, 1.807) is 4.90 Å². The molecule has 1 aliphatic heterocycles. The molecule has 3 rings (SSSR count). The maximum Gasteiger partial charge on any atom is 0.315 e. The van der Waals surface area contributed by atoms with Gasteiger partial charge < -0.3 is 26.6 Å². The van der Waals surface area contributed by atoms with Crippen molar-refractivity contribution >= 4 is 29.5 Å². The van der Waals surface area contributed by atoms with Gasteiger partial charge in [0.2, 0.25) is 17.6 Å². The van der Waals surface area contributed by atoms with Gasteiger partial charge in [-0.15, -0.1) is 0 Å². The lowest BCUT2D eigenvalue weighted by molar-refractivity contribution is -0.145. The Bertz CT molecular complexity index is 959. The number of nitrogens with two attached hydrogens (primary N) is 1. The Balaban J connectivity index is 1.83. The first kappa shape index (κ1) is 28.9. The van der Waals surface area contributed by atoms with Gasteiger partial charge in [0.05, 0.1) is 6.04 Å². The van der Waals surface area contributed by atoms with Crippen LogP contribution in [0.3, 0.4) is 0 Å². The van der Waals surface area contributed by atoms with Crippen LogP contribution in [-0.4, -0.2) is 64.6 Å². The molecule has 10 nitrogen and oxygen atoms in total. The van der Waals surface area contributed by atoms with E-state index in [4.69, 9.17) is 5.73 Å². The minimum absolute atomic E-state index is 0.0755. The highest BCUT2D eigenvalue weighted by Crippen LogP contribution is 2.65. The Morgan fingerprint density at radius 2 is 1.59 bits per heavy atom. The van der Waals surface area contributed by atoms with E-state index in [0.29, 0.717) is 13.0 Å². The number of likely N-dealkylation sites (tertiary alicyclic amines) is 1. The molecular formula is C27H45N5O5. The Kier molecular flexibility index (Phi) is 7.74. The number of piperidine rings is 1. The second-order valence-electron chi connectivity index (χ2n) is 13.9. The molecule has 3 unspecified atom stereocenters. The lowest BCUT2D eigenvalue weighted by Gasteiger charge is -2.38. The van der Waals surface area contributed by atoms with E-state index in [2.05, 4.69) is 29.8 Å². The normalized spacial score (nSPS) is 26.3. The van der Waals surface area contributed by atoms with Crippen molar-refractivity contribution in [2.24, 2.45) is 34.3 Å². The highest BCUT2D eigenvalue weighted by atomic mass is 16.2. The van der Waals surface area contributed by atoms with Crippen LogP contribution in [0.4, 0.5) is 4.79 Å². The maximum absolute atomic E-state index is 13.9. The van der Waals surface area contributed by atoms with Crippen molar-refractivity contribution in [2.45, 2.75) is 105 Å². The van der Waals surface area contributed by atoms with Crippen LogP contribution >= 0.6 is 0 Å². The number of nitrogens with one attached hydrogen (secondary N) is 3. The van der Waals surface area contributed by atoms with Crippen LogP contribution in [0.15, 0.2) is 0 Å². The third-order valence-electron chi connectivity index (χ3n) is 8.31. The van der Waals surface area contributed by atoms with E-state index in [1.807, 2.05) is 41.5 Å². The fourth-order valence-corrected chi connectivity index (χ4v) is 5.86. The van der Waals surface area contributed by atoms with E-state index >= 15 is 0 Å². The molecule has 2 saturated carbocycles. The van der Waals surface area contributed by atoms with Gasteiger partial charge in [0, 0.05) is 12.1 Å². The van der Waals surface area contributed by atoms with Crippen molar-refractivity contribution in [3.8, 4) is 0 Å². The van der Waals surface area contributed by atoms with Gasteiger partial charge in [-0.2, -0.15) is 0 Å². The molecule has 5 N–H and O–H groups in total. The van der Waals surface area contributed by atoms with Gasteiger partial charge in [-0.1, -0.05) is 53.9 Å². The fraction of sp³-hybridized carbons (Fsp3) is 0.815. The molecule has 3 aliphatic rings. The average molecular weight is 520 g/mol. The van der Waals surface area contributed by atoms with Crippen LogP contribution in [-0.2, 0) is 19.2 Å². The monoisotopic (exact) mass is 519 g/mol. The summed E-state index contributed by atoms with van der Waals surface area (Å²) in [6.07, 6.45) is 3.31. The smallest absolute Gasteiger partial charge is 0.315 e. The van der Waals surface area contributed by atoms with Crippen molar-refractivity contribution in [3.05, 3.63) is 0 Å². The Morgan fingerprint density at radius 3 is 2.05 bits per heavy atom. The molecule has 1 saturated heterocycles. The first-order chi connectivity index (χ1) is 16.8. The number of urea groups is 1. The second-order valence-corrected chi connectivity index (χ2v) is 13.9. The standard InChI is InChI=1S/C27H45N5O5/c1-25(2,3)20(30-24(37)31-26(4,5)6)23(36)32-13-15-17(27(15,7)8)18(32)22(35)29-16(19(33)21(28)34)12-14-10-9-11-14/h14-18,20H,9-13H2,1-8H3,(H2,28,34)(H,29,35)(H2,30,31,37)/t15-,16?,17?,18?,20+/m0/s1. The molecular weight excluding hydrogens is 474 g/mol. The Hall–Kier alpha value is -2.65. The topological polar surface area (TPSA) is 151 Å². The quantitative estimate of drug-likeness (QED) is 0.360. The average Bonchev–Trinajstić information content (AvgIpc) is 3.06. The van der Waals surface area contributed by atoms with Crippen molar-refractivity contribution in [1.29, 1.82) is 0 Å². The predicted molar refractivity (Wildman–Crippen MR) is 139 cm³/mol. The number of amides is 5. The number of Topliss-reactive ketones (excluding diaryl/α,β-unsaturated/α-hetero) is 1. The summed E-state index contributed by atoms with van der Waals surface area (Å²) < 4.78 is 0. The number of primary amides is 1. The molecule has 0 radical (unpaired) electrons. The summed E-state index contributed by atoms with van der Waals surface area (Å²) >= 11 is 0. The molecule has 0 aromatic rings. The molecule has 5 atom stereocenters. The van der Waals surface area contributed by atoms with Crippen molar-refractivity contribution < 1.29 is 24.0 Å². The van der Waals surface area contributed by atoms with Gasteiger partial charge in [-0.3, -0.25) is 19.2 Å². The first-order valence-corrected chi connectivity index (χ1v) is 13.4. The number of ketones is 1. The Labute approximate surface area is 220 Å². The predicted octanol–water partition coefficient (Wildman–Crippen LogP) is 1.71. The third-order valence-corrected chi connectivity index (χ3v) is 8.31. The van der Waals surface area contributed by atoms with Gasteiger partial charge in [-0.05, 0) is 55.8 Å². The van der Waals surface area contributed by atoms with Gasteiger partial charge in [0.25, 0.3) is 5.91 Å². The lowest BCUT2D eigenvalue weighted by atomic mass is 9.80. The van der Waals surface area contributed by atoms with Gasteiger partial charge in [0.15, 0.2) is 0 Å². The molecule has 0 aromatic carbocycles. The fourth-order valence-electron chi connectivity index (χ4n) is 5.86. The number of rotatable bonds is 8. The number of carbonyl (C=O) groups excluding carboxylic acids is 5. The van der Waals surface area contributed by atoms with Crippen LogP contribution in [0.5, 0.6) is 0 Å². The molecule has 3 fully saturated rings. The molecule has 0 spiro atoms. The molecule has 208 valence electrons. The lowest BCUT2D eigenvalue weighted by Crippen LogP contribution is -2.62. The molecule has 10 heteroatoms. The summed E-state index contributed by atoms with van der Waals surface area (Å²) in [4.78, 5) is 66.1. The van der Waals surface area contributed by atoms with Crippen LogP contribution in [0.2, 0.25) is 0 Å². The first-order valence-electron chi connectivity index (χ1n) is 13.4. The van der Waals surface area contributed by atoms with E-state index in [-0.39, 0.29) is 29.1 Å². The molecule has 2 aliphatic carbocycles. The van der Waals surface area contributed by atoms with Gasteiger partial charge in [-0.25, -0.2) is 4.79 Å². The molecule has 37 heavy (non-hydrogen) atoms. The van der Waals surface area contributed by atoms with Crippen LogP contribution in [0.1, 0.15) is 81.1 Å². The summed E-state index contributed by atoms with van der Waals surface area (Å²) in [7, 11) is 0. The summed E-state index contributed by atoms with van der Waals surface area (Å²) in [6, 6.07) is -3.13. The highest BCUT2D eigenvalue weighted by Gasteiger charge is 2.70. The SMILES string of the molecule is CC(C)(C)NC(=O)N[C@H](C(=O)N1C[C@H]2C(C1C(=O)NC(CC1CCC1)C(=O)C(N)=O)C2(C)C)C(C)(C)C. The van der Waals surface area contributed by atoms with Crippen LogP contribution in [0.25, 0.3) is 0 Å². The van der Waals surface area contributed by atoms with E-state index in [9.17, 15) is 24.0 Å². The van der Waals surface area contributed by atoms with Crippen molar-refractivity contribution in [2.75, 3.05) is 6.54 Å². The minimum atomic E-state index is -1.07. The van der Waals surface area contributed by atoms with E-state index < -0.39 is 52.7 Å². The maximum atomic E-state index is 13.9. The second kappa shape index (κ2) is 9.91. The summed E-state index contributed by atoms with van der Waals surface area (Å²) in [6.45, 7) is 15.7. The zero-order chi connectivity index (χ0) is 28.1. The third kappa shape index (κ3) is 6.26. The van der Waals surface area contributed by atoms with E-state index in [0.717, 1.165) is 19.3 Å². The molecule has 5 amide bonds. The largest absolute Gasteiger partial charge is 0.363 e. The number of nitrogens with zero attached hydrogens (tertiary/aromatic N) is 1. The van der Waals surface area contributed by atoms with Crippen LogP contribution < -0.4 is 21.7 Å². The Morgan fingerprint density at radius 1 is 1.00 bits per heavy atom. The van der Waals surface area contributed by atoms with Crippen molar-refractivity contribution in [1.82, 2.24) is 20.9 Å². The van der Waals surface area contributed by atoms with Crippen molar-refractivity contribution in [3.63, 3.8) is 0 Å². The van der Waals surface area contributed by atoms with Gasteiger partial charge in [0.1, 0.15) is 12.1 Å². The number of hydrogen-bond acceptors (Lipinski definition) is 5. The summed E-state index contributed by atoms with van der Waals surface area (Å²) in [5, 5.41) is 8.44. The molecule has 0 bridgehead atoms. The number of hydrogen-bond donors (Lipinski definition) is 4. The summed E-state index contributed by atoms with van der Waals surface area (Å²) in [5.74, 6) is -2.35. The number of carbonyl (C=O) groups is 5. The minimum Gasteiger partial charge on any atom is -0.363 e. The zero-order valence-corrected chi connectivity index (χ0v) is 23.6. The van der Waals surface area contributed by atoms with Crippen LogP contribution in [0, 0.1) is 28.6 Å². The van der Waals surface area contributed by atoms with Gasteiger partial charge >= 0.3 is 6.03 Å². The highest BCUT2D eigenvalue weighted by molar-refractivity contribution is 6.37. The van der Waals surface area contributed by atoms with E-state index in [1.165, 1.54) is 0 Å². The molecule has 1 heterocycles. The summed E-state index contributed by atoms with van der Waals surface area (Å²) in [5.41, 5.74) is 4.04. The molecule has 0 aromatic heterocycles.